The van der Waals surface area contributed by atoms with E-state index >= 15 is 0 Å². The van der Waals surface area contributed by atoms with Crippen LogP contribution in [0.5, 0.6) is 0 Å². The quantitative estimate of drug-likeness (QED) is 0.0212. The van der Waals surface area contributed by atoms with Gasteiger partial charge >= 0.3 is 5.97 Å². The Kier molecular flexibility index (Phi) is 65.9. The molecule has 0 aliphatic carbocycles. The lowest BCUT2D eigenvalue weighted by atomic mass is 10.0. The molecule has 0 aromatic rings. The molecule has 89 heavy (non-hydrogen) atoms. The first kappa shape index (κ1) is 86.2. The SMILES string of the molecule is CC/C=C\C/C=C\C/C=C\C/C=C\C/C=C\CCCCCCCCCCCCCC(=O)OC(/C=C/CCCCCCCCCCCCC)C(COP(=O)([O-])OCC[N+](C)(C)C)NC(=O)CCCCCCCCCCCCCCC/C=C/CCCCCCCC. The molecule has 0 fully saturated rings. The Balaban J connectivity index is 5.03. The van der Waals surface area contributed by atoms with Crippen LogP contribution in [0, 0.1) is 0 Å². The summed E-state index contributed by atoms with van der Waals surface area (Å²) in [6.45, 7) is 6.77. The Labute approximate surface area is 552 Å². The van der Waals surface area contributed by atoms with Crippen LogP contribution in [0.2, 0.25) is 0 Å². The van der Waals surface area contributed by atoms with Crippen molar-refractivity contribution in [2.45, 2.75) is 367 Å². The van der Waals surface area contributed by atoms with Crippen molar-refractivity contribution < 1.29 is 37.3 Å². The lowest BCUT2D eigenvalue weighted by molar-refractivity contribution is -0.870. The van der Waals surface area contributed by atoms with Crippen LogP contribution in [0.4, 0.5) is 0 Å². The lowest BCUT2D eigenvalue weighted by Crippen LogP contribution is -2.47. The van der Waals surface area contributed by atoms with Gasteiger partial charge in [-0.2, -0.15) is 0 Å². The first-order valence-corrected chi connectivity index (χ1v) is 39.4. The average Bonchev–Trinajstić information content (AvgIpc) is 3.63. The second kappa shape index (κ2) is 68.1. The molecule has 0 radical (unpaired) electrons. The molecule has 9 nitrogen and oxygen atoms in total. The van der Waals surface area contributed by atoms with Crippen molar-refractivity contribution in [3.05, 3.63) is 85.1 Å². The van der Waals surface area contributed by atoms with E-state index < -0.39 is 20.0 Å². The number of nitrogens with one attached hydrogen (secondary N) is 1. The molecule has 3 unspecified atom stereocenters. The van der Waals surface area contributed by atoms with Crippen LogP contribution in [-0.4, -0.2) is 69.4 Å². The third-order valence-corrected chi connectivity index (χ3v) is 17.8. The molecule has 0 rings (SSSR count). The zero-order valence-corrected chi connectivity index (χ0v) is 60.3. The van der Waals surface area contributed by atoms with Crippen LogP contribution in [0.3, 0.4) is 0 Å². The number of hydrogen-bond acceptors (Lipinski definition) is 7. The molecule has 1 amide bonds. The number of allylic oxidation sites excluding steroid dienone is 13. The summed E-state index contributed by atoms with van der Waals surface area (Å²) >= 11 is 0. The van der Waals surface area contributed by atoms with Crippen molar-refractivity contribution in [2.24, 2.45) is 0 Å². The zero-order chi connectivity index (χ0) is 64.9. The van der Waals surface area contributed by atoms with Gasteiger partial charge in [0, 0.05) is 12.8 Å². The Morgan fingerprint density at radius 1 is 0.404 bits per heavy atom. The summed E-state index contributed by atoms with van der Waals surface area (Å²) in [7, 11) is 1.19. The van der Waals surface area contributed by atoms with E-state index in [2.05, 4.69) is 99.0 Å². The molecular formula is C79H145N2O7P. The van der Waals surface area contributed by atoms with Gasteiger partial charge in [-0.1, -0.05) is 324 Å². The van der Waals surface area contributed by atoms with Crippen LogP contribution >= 0.6 is 7.82 Å². The number of hydrogen-bond donors (Lipinski definition) is 1. The van der Waals surface area contributed by atoms with Crippen molar-refractivity contribution >= 4 is 19.7 Å². The highest BCUT2D eigenvalue weighted by molar-refractivity contribution is 7.45. The molecule has 0 bridgehead atoms. The molecule has 0 spiro atoms. The summed E-state index contributed by atoms with van der Waals surface area (Å²) in [4.78, 5) is 40.3. The van der Waals surface area contributed by atoms with Crippen LogP contribution < -0.4 is 10.2 Å². The summed E-state index contributed by atoms with van der Waals surface area (Å²) in [5.41, 5.74) is 0. The number of amides is 1. The molecule has 0 aliphatic heterocycles. The number of phosphoric ester groups is 1. The molecule has 1 N–H and O–H groups in total. The Morgan fingerprint density at radius 2 is 0.719 bits per heavy atom. The number of nitrogens with zero attached hydrogens (tertiary/aromatic N) is 1. The smallest absolute Gasteiger partial charge is 0.306 e. The Hall–Kier alpha value is -2.81. The van der Waals surface area contributed by atoms with Gasteiger partial charge in [0.15, 0.2) is 0 Å². The van der Waals surface area contributed by atoms with Gasteiger partial charge in [0.25, 0.3) is 7.82 Å². The zero-order valence-electron chi connectivity index (χ0n) is 59.4. The van der Waals surface area contributed by atoms with Crippen LogP contribution in [0.15, 0.2) is 85.1 Å². The number of unbranched alkanes of at least 4 members (excludes halogenated alkanes) is 41. The highest BCUT2D eigenvalue weighted by Gasteiger charge is 2.27. The van der Waals surface area contributed by atoms with Gasteiger partial charge in [0.2, 0.25) is 5.91 Å². The number of carbonyl (C=O) groups excluding carboxylic acids is 2. The topological polar surface area (TPSA) is 114 Å². The Bertz CT molecular complexity index is 1800. The maximum Gasteiger partial charge on any atom is 0.306 e. The van der Waals surface area contributed by atoms with Gasteiger partial charge < -0.3 is 28.5 Å². The first-order valence-electron chi connectivity index (χ1n) is 37.9. The van der Waals surface area contributed by atoms with Crippen molar-refractivity contribution in [3.63, 3.8) is 0 Å². The number of ether oxygens (including phenoxy) is 1. The minimum Gasteiger partial charge on any atom is -0.756 e. The molecule has 0 aromatic heterocycles. The molecule has 0 aliphatic rings. The fraction of sp³-hybridized carbons (Fsp3) is 0.797. The molecule has 10 heteroatoms. The van der Waals surface area contributed by atoms with Crippen LogP contribution in [-0.2, 0) is 27.9 Å². The highest BCUT2D eigenvalue weighted by atomic mass is 31.2. The average molecular weight is 1270 g/mol. The molecule has 0 aromatic carbocycles. The number of phosphoric acid groups is 1. The normalized spacial score (nSPS) is 13.9. The minimum absolute atomic E-state index is 0.0239. The van der Waals surface area contributed by atoms with Crippen LogP contribution in [0.1, 0.15) is 355 Å². The molecule has 0 saturated heterocycles. The van der Waals surface area contributed by atoms with Crippen molar-refractivity contribution in [3.8, 4) is 0 Å². The molecule has 518 valence electrons. The maximum atomic E-state index is 13.6. The van der Waals surface area contributed by atoms with Crippen molar-refractivity contribution in [2.75, 3.05) is 40.9 Å². The largest absolute Gasteiger partial charge is 0.756 e. The van der Waals surface area contributed by atoms with E-state index in [0.717, 1.165) is 89.9 Å². The number of carbonyl (C=O) groups is 2. The second-order valence-electron chi connectivity index (χ2n) is 26.8. The number of quaternary nitrogens is 1. The predicted molar refractivity (Wildman–Crippen MR) is 385 cm³/mol. The fourth-order valence-corrected chi connectivity index (χ4v) is 11.7. The summed E-state index contributed by atoms with van der Waals surface area (Å²) < 4.78 is 30.5. The van der Waals surface area contributed by atoms with Gasteiger partial charge in [0.05, 0.1) is 33.8 Å². The Morgan fingerprint density at radius 3 is 1.09 bits per heavy atom. The summed E-state index contributed by atoms with van der Waals surface area (Å²) in [5, 5.41) is 3.05. The third-order valence-electron chi connectivity index (χ3n) is 16.8. The lowest BCUT2D eigenvalue weighted by Gasteiger charge is -2.30. The number of likely N-dealkylation sites (N-methyl/N-ethyl adjacent to an activating group) is 1. The van der Waals surface area contributed by atoms with E-state index in [9.17, 15) is 19.0 Å². The standard InChI is InChI=1S/C79H145N2O7P/c1-7-10-13-16-19-22-25-28-30-32-34-36-38-39-40-41-43-45-47-49-51-54-57-60-63-66-69-72-79(83)88-77(70-67-64-61-58-55-52-27-24-21-18-15-12-9-3)76(75-87-89(84,85)86-74-73-81(4,5)6)80-78(82)71-68-65-62-59-56-53-50-48-46-44-42-37-35-33-31-29-26-23-20-17-14-11-8-2/h10,13,19,22,28-31,34,36,39-40,67,70,76-77H,7-9,11-12,14-18,20-21,23-27,32-33,35,37-38,41-66,68-69,71-75H2,1-6H3,(H-,80,82,84,85)/b13-10-,22-19-,30-28-,31-29+,36-34-,40-39-,70-67+. The van der Waals surface area contributed by atoms with Crippen molar-refractivity contribution in [1.82, 2.24) is 5.32 Å². The summed E-state index contributed by atoms with van der Waals surface area (Å²) in [6.07, 6.45) is 91.4. The van der Waals surface area contributed by atoms with Crippen molar-refractivity contribution in [1.29, 1.82) is 0 Å². The third kappa shape index (κ3) is 69.4. The van der Waals surface area contributed by atoms with Gasteiger partial charge in [-0.15, -0.1) is 0 Å². The van der Waals surface area contributed by atoms with Crippen LogP contribution in [0.25, 0.3) is 0 Å². The summed E-state index contributed by atoms with van der Waals surface area (Å²) in [6, 6.07) is -0.894. The van der Waals surface area contributed by atoms with E-state index in [4.69, 9.17) is 13.8 Å². The van der Waals surface area contributed by atoms with E-state index in [1.54, 1.807) is 0 Å². The summed E-state index contributed by atoms with van der Waals surface area (Å²) in [5.74, 6) is -0.533. The van der Waals surface area contributed by atoms with E-state index in [1.807, 2.05) is 33.3 Å². The maximum absolute atomic E-state index is 13.6. The molecular weight excluding hydrogens is 1120 g/mol. The highest BCUT2D eigenvalue weighted by Crippen LogP contribution is 2.38. The molecule has 0 heterocycles. The second-order valence-corrected chi connectivity index (χ2v) is 28.2. The van der Waals surface area contributed by atoms with E-state index in [1.165, 1.54) is 231 Å². The van der Waals surface area contributed by atoms with Gasteiger partial charge in [0.1, 0.15) is 19.3 Å². The molecule has 0 saturated carbocycles. The van der Waals surface area contributed by atoms with Gasteiger partial charge in [-0.3, -0.25) is 14.2 Å². The minimum atomic E-state index is -4.71. The van der Waals surface area contributed by atoms with Gasteiger partial charge in [-0.05, 0) is 102 Å². The monoisotopic (exact) mass is 1270 g/mol. The first-order chi connectivity index (χ1) is 43.4. The fourth-order valence-electron chi connectivity index (χ4n) is 11.0. The van der Waals surface area contributed by atoms with E-state index in [0.29, 0.717) is 17.4 Å². The number of esters is 1. The number of rotatable bonds is 69. The van der Waals surface area contributed by atoms with Gasteiger partial charge in [-0.25, -0.2) is 0 Å². The van der Waals surface area contributed by atoms with E-state index in [-0.39, 0.29) is 31.5 Å². The predicted octanol–water partition coefficient (Wildman–Crippen LogP) is 23.8. The molecule has 3 atom stereocenters.